The van der Waals surface area contributed by atoms with E-state index < -0.39 is 30.0 Å². The van der Waals surface area contributed by atoms with Gasteiger partial charge in [0.15, 0.2) is 0 Å². The van der Waals surface area contributed by atoms with Crippen molar-refractivity contribution < 1.29 is 27.2 Å². The van der Waals surface area contributed by atoms with Crippen molar-refractivity contribution in [3.63, 3.8) is 0 Å². The van der Waals surface area contributed by atoms with Crippen LogP contribution in [0.2, 0.25) is 0 Å². The fourth-order valence-electron chi connectivity index (χ4n) is 1.85. The summed E-state index contributed by atoms with van der Waals surface area (Å²) < 4.78 is 51.9. The fourth-order valence-corrected chi connectivity index (χ4v) is 1.85. The molecular weight excluding hydrogens is 332 g/mol. The maximum Gasteiger partial charge on any atom is 0.319 e. The van der Waals surface area contributed by atoms with E-state index in [9.17, 15) is 27.2 Å². The van der Waals surface area contributed by atoms with E-state index in [4.69, 9.17) is 0 Å². The SMILES string of the molecule is O=C(NCCc1nccn1C(F)F)C(=O)Nc1ccc(F)cc1F. The van der Waals surface area contributed by atoms with E-state index in [0.29, 0.717) is 10.6 Å². The van der Waals surface area contributed by atoms with Crippen LogP contribution < -0.4 is 10.6 Å². The predicted molar refractivity (Wildman–Crippen MR) is 75.2 cm³/mol. The van der Waals surface area contributed by atoms with Gasteiger partial charge in [-0.3, -0.25) is 14.2 Å². The van der Waals surface area contributed by atoms with E-state index in [2.05, 4.69) is 10.3 Å². The molecule has 0 atom stereocenters. The molecule has 10 heteroatoms. The van der Waals surface area contributed by atoms with Crippen LogP contribution >= 0.6 is 0 Å². The maximum absolute atomic E-state index is 13.4. The lowest BCUT2D eigenvalue weighted by Crippen LogP contribution is -2.36. The monoisotopic (exact) mass is 344 g/mol. The Hall–Kier alpha value is -2.91. The number of carbonyl (C=O) groups is 2. The molecule has 2 N–H and O–H groups in total. The van der Waals surface area contributed by atoms with Gasteiger partial charge in [0.05, 0.1) is 5.69 Å². The van der Waals surface area contributed by atoms with Crippen molar-refractivity contribution in [2.24, 2.45) is 0 Å². The molecular formula is C14H12F4N4O2. The highest BCUT2D eigenvalue weighted by molar-refractivity contribution is 6.39. The minimum atomic E-state index is -2.76. The molecule has 0 aliphatic rings. The second-order valence-electron chi connectivity index (χ2n) is 4.61. The van der Waals surface area contributed by atoms with E-state index in [0.717, 1.165) is 18.3 Å². The molecule has 0 spiro atoms. The highest BCUT2D eigenvalue weighted by Crippen LogP contribution is 2.15. The first-order valence-corrected chi connectivity index (χ1v) is 6.72. The molecule has 0 aliphatic heterocycles. The summed E-state index contributed by atoms with van der Waals surface area (Å²) >= 11 is 0. The van der Waals surface area contributed by atoms with Gasteiger partial charge in [-0.05, 0) is 12.1 Å². The molecule has 24 heavy (non-hydrogen) atoms. The van der Waals surface area contributed by atoms with Crippen molar-refractivity contribution >= 4 is 17.5 Å². The number of hydrogen-bond acceptors (Lipinski definition) is 3. The minimum Gasteiger partial charge on any atom is -0.347 e. The van der Waals surface area contributed by atoms with Crippen molar-refractivity contribution in [1.82, 2.24) is 14.9 Å². The number of rotatable bonds is 5. The third-order valence-electron chi connectivity index (χ3n) is 2.98. The Morgan fingerprint density at radius 3 is 2.62 bits per heavy atom. The average molecular weight is 344 g/mol. The Balaban J connectivity index is 1.86. The van der Waals surface area contributed by atoms with Gasteiger partial charge in [-0.25, -0.2) is 13.8 Å². The van der Waals surface area contributed by atoms with E-state index in [1.165, 1.54) is 6.20 Å². The fraction of sp³-hybridized carbons (Fsp3) is 0.214. The van der Waals surface area contributed by atoms with Crippen LogP contribution in [0.25, 0.3) is 0 Å². The lowest BCUT2D eigenvalue weighted by atomic mass is 10.3. The molecule has 2 rings (SSSR count). The molecule has 0 fully saturated rings. The number of halogens is 4. The molecule has 0 aliphatic carbocycles. The lowest BCUT2D eigenvalue weighted by Gasteiger charge is -2.08. The van der Waals surface area contributed by atoms with Crippen LogP contribution in [0.15, 0.2) is 30.6 Å². The van der Waals surface area contributed by atoms with Gasteiger partial charge in [0, 0.05) is 31.4 Å². The molecule has 0 saturated heterocycles. The van der Waals surface area contributed by atoms with Crippen LogP contribution in [-0.4, -0.2) is 27.9 Å². The summed E-state index contributed by atoms with van der Waals surface area (Å²) in [5, 5.41) is 4.17. The van der Waals surface area contributed by atoms with Crippen LogP contribution in [0.4, 0.5) is 23.2 Å². The van der Waals surface area contributed by atoms with Gasteiger partial charge in [-0.1, -0.05) is 0 Å². The second kappa shape index (κ2) is 7.57. The van der Waals surface area contributed by atoms with Crippen LogP contribution in [0.1, 0.15) is 12.4 Å². The molecule has 0 saturated carbocycles. The van der Waals surface area contributed by atoms with Gasteiger partial charge in [-0.15, -0.1) is 0 Å². The number of imidazole rings is 1. The Morgan fingerprint density at radius 2 is 1.96 bits per heavy atom. The maximum atomic E-state index is 13.4. The second-order valence-corrected chi connectivity index (χ2v) is 4.61. The van der Waals surface area contributed by atoms with Crippen molar-refractivity contribution in [1.29, 1.82) is 0 Å². The number of nitrogens with zero attached hydrogens (tertiary/aromatic N) is 2. The predicted octanol–water partition coefficient (Wildman–Crippen LogP) is 1.85. The number of anilines is 1. The third-order valence-corrected chi connectivity index (χ3v) is 2.98. The van der Waals surface area contributed by atoms with Crippen molar-refractivity contribution in [3.05, 3.63) is 48.1 Å². The Morgan fingerprint density at radius 1 is 1.21 bits per heavy atom. The van der Waals surface area contributed by atoms with Crippen molar-refractivity contribution in [3.8, 4) is 0 Å². The van der Waals surface area contributed by atoms with Gasteiger partial charge in [0.1, 0.15) is 17.5 Å². The number of carbonyl (C=O) groups excluding carboxylic acids is 2. The largest absolute Gasteiger partial charge is 0.347 e. The number of nitrogens with one attached hydrogen (secondary N) is 2. The first kappa shape index (κ1) is 17.4. The summed E-state index contributed by atoms with van der Waals surface area (Å²) in [5.41, 5.74) is -0.357. The zero-order valence-corrected chi connectivity index (χ0v) is 12.1. The minimum absolute atomic E-state index is 0.0265. The van der Waals surface area contributed by atoms with Gasteiger partial charge < -0.3 is 10.6 Å². The molecule has 1 aromatic carbocycles. The summed E-state index contributed by atoms with van der Waals surface area (Å²) in [5.74, 6) is -4.08. The van der Waals surface area contributed by atoms with Crippen LogP contribution in [0, 0.1) is 11.6 Å². The zero-order chi connectivity index (χ0) is 17.7. The highest BCUT2D eigenvalue weighted by Gasteiger charge is 2.16. The van der Waals surface area contributed by atoms with E-state index >= 15 is 0 Å². The van der Waals surface area contributed by atoms with Crippen LogP contribution in [-0.2, 0) is 16.0 Å². The van der Waals surface area contributed by atoms with Crippen molar-refractivity contribution in [2.75, 3.05) is 11.9 Å². The van der Waals surface area contributed by atoms with Crippen molar-refractivity contribution in [2.45, 2.75) is 13.0 Å². The Labute approximate surface area is 133 Å². The molecule has 6 nitrogen and oxygen atoms in total. The van der Waals surface area contributed by atoms with Gasteiger partial charge in [-0.2, -0.15) is 8.78 Å². The number of benzene rings is 1. The molecule has 1 aromatic heterocycles. The number of hydrogen-bond donors (Lipinski definition) is 2. The summed E-state index contributed by atoms with van der Waals surface area (Å²) in [4.78, 5) is 26.9. The molecule has 2 aromatic rings. The summed E-state index contributed by atoms with van der Waals surface area (Å²) in [6.45, 7) is -2.88. The third kappa shape index (κ3) is 4.31. The van der Waals surface area contributed by atoms with E-state index in [1.807, 2.05) is 5.32 Å². The van der Waals surface area contributed by atoms with Gasteiger partial charge >= 0.3 is 18.4 Å². The number of alkyl halides is 2. The normalized spacial score (nSPS) is 10.7. The smallest absolute Gasteiger partial charge is 0.319 e. The quantitative estimate of drug-likeness (QED) is 0.642. The first-order chi connectivity index (χ1) is 11.4. The average Bonchev–Trinajstić information content (AvgIpc) is 2.98. The molecule has 0 unspecified atom stereocenters. The summed E-state index contributed by atoms with van der Waals surface area (Å²) in [6, 6.07) is 2.44. The molecule has 0 bridgehead atoms. The Kier molecular flexibility index (Phi) is 5.51. The number of aromatic nitrogens is 2. The molecule has 128 valence electrons. The van der Waals surface area contributed by atoms with Gasteiger partial charge in [0.25, 0.3) is 0 Å². The van der Waals surface area contributed by atoms with Gasteiger partial charge in [0.2, 0.25) is 0 Å². The standard InChI is InChI=1S/C14H12F4N4O2/c15-8-1-2-10(9(16)7-8)21-13(24)12(23)20-4-3-11-19-5-6-22(11)14(17)18/h1-2,5-7,14H,3-4H2,(H,20,23)(H,21,24). The topological polar surface area (TPSA) is 76.0 Å². The van der Waals surface area contributed by atoms with Crippen LogP contribution in [0.5, 0.6) is 0 Å². The molecule has 2 amide bonds. The number of amides is 2. The molecule has 1 heterocycles. The zero-order valence-electron chi connectivity index (χ0n) is 12.1. The van der Waals surface area contributed by atoms with Crippen LogP contribution in [0.3, 0.4) is 0 Å². The Bertz CT molecular complexity index is 748. The highest BCUT2D eigenvalue weighted by atomic mass is 19.3. The molecule has 0 radical (unpaired) electrons. The lowest BCUT2D eigenvalue weighted by molar-refractivity contribution is -0.136. The van der Waals surface area contributed by atoms with E-state index in [-0.39, 0.29) is 24.5 Å². The van der Waals surface area contributed by atoms with E-state index in [1.54, 1.807) is 0 Å². The summed E-state index contributed by atoms with van der Waals surface area (Å²) in [7, 11) is 0. The summed E-state index contributed by atoms with van der Waals surface area (Å²) in [6.07, 6.45) is 2.25. The first-order valence-electron chi connectivity index (χ1n) is 6.72.